The van der Waals surface area contributed by atoms with Crippen LogP contribution in [0, 0.1) is 5.92 Å². The van der Waals surface area contributed by atoms with E-state index in [-0.39, 0.29) is 6.04 Å². The Kier molecular flexibility index (Phi) is 6.21. The van der Waals surface area contributed by atoms with Crippen LogP contribution >= 0.6 is 11.6 Å². The summed E-state index contributed by atoms with van der Waals surface area (Å²) in [5, 5.41) is 5.35. The van der Waals surface area contributed by atoms with E-state index in [1.165, 1.54) is 0 Å². The fraction of sp³-hybridized carbons (Fsp3) is 0.333. The molecule has 0 bridgehead atoms. The molecule has 1 aliphatic carbocycles. The van der Waals surface area contributed by atoms with E-state index in [9.17, 15) is 0 Å². The first-order valence-corrected chi connectivity index (χ1v) is 10.7. The van der Waals surface area contributed by atoms with Crippen molar-refractivity contribution in [3.63, 3.8) is 0 Å². The number of aromatic nitrogens is 2. The highest BCUT2D eigenvalue weighted by atomic mass is 35.5. The van der Waals surface area contributed by atoms with Gasteiger partial charge in [0.25, 0.3) is 0 Å². The lowest BCUT2D eigenvalue weighted by atomic mass is 9.83. The molecule has 4 rings (SSSR count). The molecule has 1 aromatic heterocycles. The van der Waals surface area contributed by atoms with Gasteiger partial charge in [-0.15, -0.1) is 0 Å². The van der Waals surface area contributed by atoms with Gasteiger partial charge in [0, 0.05) is 22.5 Å². The molecule has 0 spiro atoms. The predicted molar refractivity (Wildman–Crippen MR) is 125 cm³/mol. The summed E-state index contributed by atoms with van der Waals surface area (Å²) < 4.78 is 5.42. The lowest BCUT2D eigenvalue weighted by Gasteiger charge is -2.33. The van der Waals surface area contributed by atoms with Crippen LogP contribution in [0.4, 0.5) is 5.82 Å². The topological polar surface area (TPSA) is 73.1 Å². The highest BCUT2D eigenvalue weighted by Gasteiger charge is 2.26. The molecule has 3 atom stereocenters. The van der Waals surface area contributed by atoms with Gasteiger partial charge >= 0.3 is 0 Å². The maximum Gasteiger partial charge on any atom is 0.154 e. The molecule has 1 fully saturated rings. The van der Waals surface area contributed by atoms with E-state index in [2.05, 4.69) is 12.2 Å². The van der Waals surface area contributed by atoms with Gasteiger partial charge in [-0.1, -0.05) is 36.7 Å². The van der Waals surface area contributed by atoms with Crippen LogP contribution in [0.5, 0.6) is 5.75 Å². The van der Waals surface area contributed by atoms with Gasteiger partial charge in [0.1, 0.15) is 11.6 Å². The number of hydrogen-bond donors (Lipinski definition) is 2. The third-order valence-corrected chi connectivity index (χ3v) is 6.00. The van der Waals surface area contributed by atoms with Crippen LogP contribution in [-0.2, 0) is 0 Å². The van der Waals surface area contributed by atoms with E-state index in [1.54, 1.807) is 7.11 Å². The highest BCUT2D eigenvalue weighted by molar-refractivity contribution is 6.30. The lowest BCUT2D eigenvalue weighted by molar-refractivity contribution is 0.314. The Labute approximate surface area is 182 Å². The number of nitrogens with one attached hydrogen (secondary N) is 1. The van der Waals surface area contributed by atoms with E-state index < -0.39 is 0 Å². The van der Waals surface area contributed by atoms with Gasteiger partial charge in [0.15, 0.2) is 5.82 Å². The Bertz CT molecular complexity index is 1050. The molecule has 0 aliphatic heterocycles. The molecule has 1 heterocycles. The van der Waals surface area contributed by atoms with Crippen molar-refractivity contribution in [1.82, 2.24) is 9.97 Å². The number of ether oxygens (including phenoxy) is 1. The maximum absolute atomic E-state index is 6.15. The quantitative estimate of drug-likeness (QED) is 0.576. The minimum atomic E-state index is 0.290. The zero-order chi connectivity index (χ0) is 21.1. The Morgan fingerprint density at radius 3 is 2.63 bits per heavy atom. The van der Waals surface area contributed by atoms with Crippen molar-refractivity contribution in [2.75, 3.05) is 12.4 Å². The van der Waals surface area contributed by atoms with Crippen molar-refractivity contribution in [2.45, 2.75) is 38.3 Å². The van der Waals surface area contributed by atoms with Crippen molar-refractivity contribution in [1.29, 1.82) is 0 Å². The fourth-order valence-electron chi connectivity index (χ4n) is 4.01. The molecule has 0 radical (unpaired) electrons. The SMILES string of the molecule is COc1ccc2nc(C=Cc3ccc(Cl)cc3)nc(NC3CCC(N)CC3C)c2c1. The maximum atomic E-state index is 6.15. The Balaban J connectivity index is 1.69. The van der Waals surface area contributed by atoms with E-state index in [0.29, 0.717) is 17.8 Å². The first-order chi connectivity index (χ1) is 14.5. The van der Waals surface area contributed by atoms with Crippen molar-refractivity contribution in [3.05, 3.63) is 58.9 Å². The van der Waals surface area contributed by atoms with Crippen LogP contribution in [0.2, 0.25) is 5.02 Å². The molecule has 1 aliphatic rings. The molecule has 156 valence electrons. The molecule has 6 heteroatoms. The van der Waals surface area contributed by atoms with Gasteiger partial charge < -0.3 is 15.8 Å². The second-order valence-electron chi connectivity index (χ2n) is 8.00. The van der Waals surface area contributed by atoms with Gasteiger partial charge in [0.05, 0.1) is 12.6 Å². The zero-order valence-electron chi connectivity index (χ0n) is 17.3. The van der Waals surface area contributed by atoms with E-state index >= 15 is 0 Å². The standard InChI is InChI=1S/C24H27ClN4O/c1-15-13-18(26)8-10-21(15)28-24-20-14-19(30-2)9-11-22(20)27-23(29-24)12-5-16-3-6-17(25)7-4-16/h3-7,9,11-12,14-15,18,21H,8,10,13,26H2,1-2H3,(H,27,28,29). The molecule has 5 nitrogen and oxygen atoms in total. The normalized spacial score (nSPS) is 21.8. The molecule has 3 aromatic rings. The lowest BCUT2D eigenvalue weighted by Crippen LogP contribution is -2.39. The number of nitrogens with two attached hydrogens (primary N) is 1. The van der Waals surface area contributed by atoms with Crippen LogP contribution in [0.25, 0.3) is 23.1 Å². The van der Waals surface area contributed by atoms with Crippen LogP contribution in [0.1, 0.15) is 37.6 Å². The van der Waals surface area contributed by atoms with Crippen LogP contribution in [0.3, 0.4) is 0 Å². The Morgan fingerprint density at radius 2 is 1.90 bits per heavy atom. The van der Waals surface area contributed by atoms with E-state index in [1.807, 2.05) is 54.6 Å². The molecule has 0 saturated heterocycles. The monoisotopic (exact) mass is 422 g/mol. The summed E-state index contributed by atoms with van der Waals surface area (Å²) in [4.78, 5) is 9.56. The molecule has 3 unspecified atom stereocenters. The minimum absolute atomic E-state index is 0.290. The van der Waals surface area contributed by atoms with Crippen molar-refractivity contribution >= 4 is 40.5 Å². The van der Waals surface area contributed by atoms with Gasteiger partial charge in [-0.3, -0.25) is 0 Å². The molecule has 30 heavy (non-hydrogen) atoms. The third kappa shape index (κ3) is 4.74. The first kappa shape index (κ1) is 20.6. The molecular formula is C24H27ClN4O. The zero-order valence-corrected chi connectivity index (χ0v) is 18.1. The summed E-state index contributed by atoms with van der Waals surface area (Å²) in [6.07, 6.45) is 7.00. The largest absolute Gasteiger partial charge is 0.497 e. The van der Waals surface area contributed by atoms with E-state index in [0.717, 1.165) is 52.3 Å². The number of hydrogen-bond acceptors (Lipinski definition) is 5. The number of halogens is 1. The number of methoxy groups -OCH3 is 1. The molecule has 1 saturated carbocycles. The average Bonchev–Trinajstić information content (AvgIpc) is 2.75. The van der Waals surface area contributed by atoms with Crippen LogP contribution < -0.4 is 15.8 Å². The second-order valence-corrected chi connectivity index (χ2v) is 8.44. The molecular weight excluding hydrogens is 396 g/mol. The molecule has 2 aromatic carbocycles. The number of fused-ring (bicyclic) bond motifs is 1. The third-order valence-electron chi connectivity index (χ3n) is 5.75. The minimum Gasteiger partial charge on any atom is -0.497 e. The summed E-state index contributed by atoms with van der Waals surface area (Å²) in [6.45, 7) is 2.25. The second kappa shape index (κ2) is 9.02. The number of anilines is 1. The number of nitrogens with zero attached hydrogens (tertiary/aromatic N) is 2. The average molecular weight is 423 g/mol. The van der Waals surface area contributed by atoms with Crippen molar-refractivity contribution in [2.24, 2.45) is 11.7 Å². The van der Waals surface area contributed by atoms with E-state index in [4.69, 9.17) is 32.0 Å². The van der Waals surface area contributed by atoms with Gasteiger partial charge in [0.2, 0.25) is 0 Å². The first-order valence-electron chi connectivity index (χ1n) is 10.3. The summed E-state index contributed by atoms with van der Waals surface area (Å²) in [7, 11) is 1.67. The van der Waals surface area contributed by atoms with Gasteiger partial charge in [-0.05, 0) is 67.2 Å². The van der Waals surface area contributed by atoms with Gasteiger partial charge in [-0.2, -0.15) is 0 Å². The molecule has 3 N–H and O–H groups in total. The van der Waals surface area contributed by atoms with Crippen molar-refractivity contribution < 1.29 is 4.74 Å². The summed E-state index contributed by atoms with van der Waals surface area (Å²) in [6, 6.07) is 14.2. The number of rotatable bonds is 5. The fourth-order valence-corrected chi connectivity index (χ4v) is 4.14. The van der Waals surface area contributed by atoms with Crippen LogP contribution in [-0.4, -0.2) is 29.2 Å². The van der Waals surface area contributed by atoms with Crippen LogP contribution in [0.15, 0.2) is 42.5 Å². The summed E-state index contributed by atoms with van der Waals surface area (Å²) in [5.74, 6) is 2.77. The van der Waals surface area contributed by atoms with Gasteiger partial charge in [-0.25, -0.2) is 9.97 Å². The summed E-state index contributed by atoms with van der Waals surface area (Å²) >= 11 is 5.98. The summed E-state index contributed by atoms with van der Waals surface area (Å²) in [5.41, 5.74) is 8.07. The Hall–Kier alpha value is -2.63. The smallest absolute Gasteiger partial charge is 0.154 e. The van der Waals surface area contributed by atoms with Crippen molar-refractivity contribution in [3.8, 4) is 5.75 Å². The number of benzene rings is 2. The molecule has 0 amide bonds. The predicted octanol–water partition coefficient (Wildman–Crippen LogP) is 5.39. The Morgan fingerprint density at radius 1 is 1.10 bits per heavy atom. The highest BCUT2D eigenvalue weighted by Crippen LogP contribution is 2.30.